The first-order chi connectivity index (χ1) is 18.8. The molecule has 0 aromatic heterocycles. The first-order valence-electron chi connectivity index (χ1n) is 13.1. The van der Waals surface area contributed by atoms with Crippen LogP contribution in [0.3, 0.4) is 0 Å². The van der Waals surface area contributed by atoms with Crippen LogP contribution in [-0.4, -0.2) is 55.0 Å². The number of anilines is 1. The van der Waals surface area contributed by atoms with E-state index in [0.29, 0.717) is 17.7 Å². The van der Waals surface area contributed by atoms with E-state index in [9.17, 15) is 35.8 Å². The molecule has 218 valence electrons. The number of aliphatic carboxylic acids is 1. The number of para-hydroxylation sites is 1. The molecule has 0 amide bonds. The van der Waals surface area contributed by atoms with Gasteiger partial charge in [0.2, 0.25) is 5.37 Å². The molecule has 1 heterocycles. The summed E-state index contributed by atoms with van der Waals surface area (Å²) in [6, 6.07) is 12.8. The van der Waals surface area contributed by atoms with Crippen molar-refractivity contribution in [3.05, 3.63) is 78.5 Å². The number of rotatable bonds is 13. The number of nitrogens with one attached hydrogen (secondary N) is 1. The number of carboxylic acid groups (broad SMARTS) is 1. The zero-order valence-electron chi connectivity index (χ0n) is 22.7. The van der Waals surface area contributed by atoms with Crippen LogP contribution < -0.4 is 9.80 Å². The van der Waals surface area contributed by atoms with Crippen molar-refractivity contribution in [3.63, 3.8) is 0 Å². The average Bonchev–Trinajstić information content (AvgIpc) is 3.11. The second-order valence-corrected chi connectivity index (χ2v) is 13.0. The van der Waals surface area contributed by atoms with Gasteiger partial charge in [-0.3, -0.25) is 18.4 Å². The van der Waals surface area contributed by atoms with Gasteiger partial charge in [0.1, 0.15) is 11.7 Å². The van der Waals surface area contributed by atoms with Crippen LogP contribution in [0.4, 0.5) is 11.4 Å². The second-order valence-electron chi connectivity index (χ2n) is 9.99. The van der Waals surface area contributed by atoms with Gasteiger partial charge < -0.3 is 10.4 Å². The number of fused-ring (bicyclic) bond motifs is 1. The average molecular weight is 594 g/mol. The molecule has 3 rings (SSSR count). The van der Waals surface area contributed by atoms with Gasteiger partial charge in [-0.05, 0) is 42.8 Å². The molecule has 40 heavy (non-hydrogen) atoms. The fourth-order valence-electron chi connectivity index (χ4n) is 5.82. The van der Waals surface area contributed by atoms with Crippen LogP contribution in [0.2, 0.25) is 0 Å². The van der Waals surface area contributed by atoms with Crippen molar-refractivity contribution < 1.29 is 35.8 Å². The van der Waals surface area contributed by atoms with E-state index < -0.39 is 49.5 Å². The standard InChI is InChI=1S/C28H36N2O8S2/c1-4-21(28(31)32)16-18-30(27(5-2)40(36,37)38)25(13-9-10-17-29-22-11-7-6-8-12-22)20(3)24-19-23(39(33,34)35)14-15-26(24)30/h6-15,17,19-21,25,27,29H,4-5,16,18H2,1-3H3,(H2-,31,32,33,34,35,36,37,38)/p+1. The molecule has 0 radical (unpaired) electrons. The van der Waals surface area contributed by atoms with Gasteiger partial charge in [0.25, 0.3) is 10.1 Å². The Balaban J connectivity index is 2.18. The predicted octanol–water partition coefficient (Wildman–Crippen LogP) is 5.03. The Morgan fingerprint density at radius 1 is 1.02 bits per heavy atom. The summed E-state index contributed by atoms with van der Waals surface area (Å²) in [5, 5.41) is 11.5. The number of hydrogen-bond donors (Lipinski definition) is 4. The van der Waals surface area contributed by atoms with E-state index in [1.54, 1.807) is 38.3 Å². The quantitative estimate of drug-likeness (QED) is 0.142. The van der Waals surface area contributed by atoms with Crippen molar-refractivity contribution in [3.8, 4) is 0 Å². The maximum absolute atomic E-state index is 12.9. The summed E-state index contributed by atoms with van der Waals surface area (Å²) in [6.45, 7) is 5.25. The van der Waals surface area contributed by atoms with Gasteiger partial charge in [-0.15, -0.1) is 0 Å². The lowest BCUT2D eigenvalue weighted by Gasteiger charge is -2.44. The van der Waals surface area contributed by atoms with Gasteiger partial charge in [-0.1, -0.05) is 45.0 Å². The molecule has 1 aliphatic heterocycles. The lowest BCUT2D eigenvalue weighted by molar-refractivity contribution is -0.142. The van der Waals surface area contributed by atoms with Gasteiger partial charge in [0.15, 0.2) is 0 Å². The molecule has 0 spiro atoms. The smallest absolute Gasteiger partial charge is 0.319 e. The van der Waals surface area contributed by atoms with E-state index in [2.05, 4.69) is 5.32 Å². The van der Waals surface area contributed by atoms with E-state index in [0.717, 1.165) is 5.69 Å². The number of allylic oxidation sites excluding steroid dienone is 2. The van der Waals surface area contributed by atoms with E-state index in [1.807, 2.05) is 37.3 Å². The summed E-state index contributed by atoms with van der Waals surface area (Å²) in [7, 11) is -9.19. The van der Waals surface area contributed by atoms with Crippen molar-refractivity contribution >= 4 is 37.6 Å². The zero-order chi connectivity index (χ0) is 29.7. The van der Waals surface area contributed by atoms with Crippen molar-refractivity contribution in [1.82, 2.24) is 4.48 Å². The summed E-state index contributed by atoms with van der Waals surface area (Å²) < 4.78 is 69.4. The number of carbonyl (C=O) groups is 1. The molecule has 0 fully saturated rings. The molecule has 2 aromatic rings. The topological polar surface area (TPSA) is 158 Å². The minimum Gasteiger partial charge on any atom is -0.481 e. The molecule has 0 saturated heterocycles. The van der Waals surface area contributed by atoms with Gasteiger partial charge in [0.05, 0.1) is 17.4 Å². The molecule has 4 N–H and O–H groups in total. The highest BCUT2D eigenvalue weighted by Crippen LogP contribution is 2.51. The van der Waals surface area contributed by atoms with Crippen LogP contribution in [0.5, 0.6) is 0 Å². The third-order valence-corrected chi connectivity index (χ3v) is 9.96. The highest BCUT2D eigenvalue weighted by Gasteiger charge is 2.57. The van der Waals surface area contributed by atoms with Crippen LogP contribution in [0, 0.1) is 5.92 Å². The normalized spacial score (nSPS) is 22.8. The number of nitrogens with zero attached hydrogens (tertiary/aromatic N) is 1. The number of hydrogen-bond acceptors (Lipinski definition) is 6. The van der Waals surface area contributed by atoms with Crippen LogP contribution in [0.15, 0.2) is 77.9 Å². The minimum absolute atomic E-state index is 0.0185. The monoisotopic (exact) mass is 593 g/mol. The minimum atomic E-state index is -4.65. The zero-order valence-corrected chi connectivity index (χ0v) is 24.3. The summed E-state index contributed by atoms with van der Waals surface area (Å²) in [6.07, 6.45) is 7.46. The van der Waals surface area contributed by atoms with Crippen molar-refractivity contribution in [2.45, 2.75) is 62.3 Å². The Hall–Kier alpha value is -3.03. The first-order valence-corrected chi connectivity index (χ1v) is 16.0. The Bertz CT molecular complexity index is 1470. The molecule has 0 saturated carbocycles. The predicted molar refractivity (Wildman–Crippen MR) is 155 cm³/mol. The Labute approximate surface area is 236 Å². The Kier molecular flexibility index (Phi) is 9.96. The summed E-state index contributed by atoms with van der Waals surface area (Å²) in [5.41, 5.74) is 1.83. The van der Waals surface area contributed by atoms with E-state index in [1.165, 1.54) is 18.2 Å². The highest BCUT2D eigenvalue weighted by molar-refractivity contribution is 7.86. The molecule has 1 aliphatic rings. The molecule has 0 bridgehead atoms. The molecule has 0 aliphatic carbocycles. The molecular weight excluding hydrogens is 556 g/mol. The van der Waals surface area contributed by atoms with E-state index in [-0.39, 0.29) is 28.8 Å². The number of quaternary nitrogens is 1. The molecule has 10 nitrogen and oxygen atoms in total. The first kappa shape index (κ1) is 31.5. The van der Waals surface area contributed by atoms with Gasteiger partial charge in [-0.25, -0.2) is 0 Å². The van der Waals surface area contributed by atoms with Crippen LogP contribution >= 0.6 is 0 Å². The highest BCUT2D eigenvalue weighted by atomic mass is 32.2. The largest absolute Gasteiger partial charge is 0.481 e. The fourth-order valence-corrected chi connectivity index (χ4v) is 7.59. The lowest BCUT2D eigenvalue weighted by atomic mass is 9.95. The molecular formula is C28H37N2O8S2+. The Morgan fingerprint density at radius 2 is 1.70 bits per heavy atom. The van der Waals surface area contributed by atoms with Crippen LogP contribution in [-0.2, 0) is 25.0 Å². The van der Waals surface area contributed by atoms with Crippen molar-refractivity contribution in [2.24, 2.45) is 5.92 Å². The van der Waals surface area contributed by atoms with Crippen molar-refractivity contribution in [1.29, 1.82) is 0 Å². The number of carboxylic acids is 1. The SMILES string of the molecule is CCC(CC[N+]1(C(CC)S(=O)(=O)O)c2ccc(S(=O)(=O)O)cc2C(C)C1C=CC=CNc1ccccc1)C(=O)O. The molecule has 12 heteroatoms. The van der Waals surface area contributed by atoms with Crippen molar-refractivity contribution in [2.75, 3.05) is 11.9 Å². The number of benzene rings is 2. The summed E-state index contributed by atoms with van der Waals surface area (Å²) in [4.78, 5) is 11.6. The summed E-state index contributed by atoms with van der Waals surface area (Å²) >= 11 is 0. The maximum Gasteiger partial charge on any atom is 0.319 e. The van der Waals surface area contributed by atoms with Crippen LogP contribution in [0.25, 0.3) is 0 Å². The van der Waals surface area contributed by atoms with Gasteiger partial charge in [0, 0.05) is 42.3 Å². The molecule has 2 aromatic carbocycles. The van der Waals surface area contributed by atoms with Gasteiger partial charge in [-0.2, -0.15) is 16.8 Å². The van der Waals surface area contributed by atoms with Crippen LogP contribution in [0.1, 0.15) is 51.5 Å². The van der Waals surface area contributed by atoms with Gasteiger partial charge >= 0.3 is 16.1 Å². The van der Waals surface area contributed by atoms with E-state index >= 15 is 0 Å². The van der Waals surface area contributed by atoms with E-state index in [4.69, 9.17) is 0 Å². The molecule has 5 unspecified atom stereocenters. The Morgan fingerprint density at radius 3 is 2.25 bits per heavy atom. The third-order valence-electron chi connectivity index (χ3n) is 7.72. The summed E-state index contributed by atoms with van der Waals surface area (Å²) in [5.74, 6) is -2.19. The lowest BCUT2D eigenvalue weighted by Crippen LogP contribution is -2.64. The second kappa shape index (κ2) is 12.6. The maximum atomic E-state index is 12.9. The molecule has 5 atom stereocenters. The fraction of sp³-hybridized carbons (Fsp3) is 0.393. The third kappa shape index (κ3) is 6.64.